The zero-order valence-corrected chi connectivity index (χ0v) is 18.4. The molecule has 0 saturated heterocycles. The molecule has 0 radical (unpaired) electrons. The van der Waals surface area contributed by atoms with Crippen molar-refractivity contribution in [2.45, 2.75) is 45.4 Å². The van der Waals surface area contributed by atoms with Gasteiger partial charge < -0.3 is 14.8 Å². The first-order valence-corrected chi connectivity index (χ1v) is 10.3. The van der Waals surface area contributed by atoms with Gasteiger partial charge in [-0.25, -0.2) is 14.6 Å². The van der Waals surface area contributed by atoms with Crippen LogP contribution in [-0.2, 0) is 20.9 Å². The molecular weight excluding hydrogens is 404 g/mol. The molecule has 0 aliphatic heterocycles. The highest BCUT2D eigenvalue weighted by Crippen LogP contribution is 2.13. The number of hydrogen-bond donors (Lipinski definition) is 1. The predicted molar refractivity (Wildman–Crippen MR) is 123 cm³/mol. The van der Waals surface area contributed by atoms with E-state index in [0.717, 1.165) is 16.3 Å². The van der Waals surface area contributed by atoms with E-state index >= 15 is 0 Å². The summed E-state index contributed by atoms with van der Waals surface area (Å²) in [5.74, 6) is 5.30. The quantitative estimate of drug-likeness (QED) is 0.472. The predicted octanol–water partition coefficient (Wildman–Crippen LogP) is 4.61. The first kappa shape index (κ1) is 22.8. The molecule has 1 unspecified atom stereocenters. The highest BCUT2D eigenvalue weighted by Gasteiger charge is 2.25. The SMILES string of the molecule is CC(C)(C)OC(=O)NC(CC#Cc1cc2ccccc2cn1)C(=O)OCc1ccccc1. The summed E-state index contributed by atoms with van der Waals surface area (Å²) in [5.41, 5.74) is 0.740. The molecule has 164 valence electrons. The highest BCUT2D eigenvalue weighted by molar-refractivity contribution is 5.83. The summed E-state index contributed by atoms with van der Waals surface area (Å²) in [4.78, 5) is 29.2. The number of alkyl carbamates (subject to hydrolysis) is 1. The van der Waals surface area contributed by atoms with Crippen molar-refractivity contribution in [1.29, 1.82) is 0 Å². The van der Waals surface area contributed by atoms with Crippen molar-refractivity contribution in [2.24, 2.45) is 0 Å². The van der Waals surface area contributed by atoms with Crippen LogP contribution >= 0.6 is 0 Å². The van der Waals surface area contributed by atoms with Gasteiger partial charge in [-0.3, -0.25) is 0 Å². The van der Waals surface area contributed by atoms with Crippen molar-refractivity contribution in [3.05, 3.63) is 78.1 Å². The number of rotatable bonds is 5. The van der Waals surface area contributed by atoms with Gasteiger partial charge in [0.25, 0.3) is 0 Å². The lowest BCUT2D eigenvalue weighted by Crippen LogP contribution is -2.44. The number of nitrogens with one attached hydrogen (secondary N) is 1. The monoisotopic (exact) mass is 430 g/mol. The normalized spacial score (nSPS) is 11.7. The number of nitrogens with zero attached hydrogens (tertiary/aromatic N) is 1. The molecule has 1 heterocycles. The van der Waals surface area contributed by atoms with Crippen LogP contribution in [0.4, 0.5) is 4.79 Å². The molecule has 0 aliphatic rings. The molecule has 0 fully saturated rings. The maximum absolute atomic E-state index is 12.7. The second kappa shape index (κ2) is 10.5. The fourth-order valence-electron chi connectivity index (χ4n) is 2.87. The molecule has 6 nitrogen and oxygen atoms in total. The molecule has 32 heavy (non-hydrogen) atoms. The Bertz CT molecular complexity index is 1140. The Balaban J connectivity index is 1.70. The van der Waals surface area contributed by atoms with Crippen molar-refractivity contribution < 1.29 is 19.1 Å². The topological polar surface area (TPSA) is 77.5 Å². The molecule has 0 saturated carbocycles. The summed E-state index contributed by atoms with van der Waals surface area (Å²) in [6.45, 7) is 5.35. The summed E-state index contributed by atoms with van der Waals surface area (Å²) in [5, 5.41) is 4.61. The number of benzene rings is 2. The molecular formula is C26H26N2O4. The van der Waals surface area contributed by atoms with Gasteiger partial charge in [-0.1, -0.05) is 60.5 Å². The maximum Gasteiger partial charge on any atom is 0.408 e. The molecule has 3 aromatic rings. The van der Waals surface area contributed by atoms with Crippen LogP contribution in [0.25, 0.3) is 10.8 Å². The molecule has 3 rings (SSSR count). The van der Waals surface area contributed by atoms with Gasteiger partial charge in [0.1, 0.15) is 23.9 Å². The summed E-state index contributed by atoms with van der Waals surface area (Å²) in [6.07, 6.45) is 1.11. The van der Waals surface area contributed by atoms with Crippen molar-refractivity contribution in [3.8, 4) is 11.8 Å². The maximum atomic E-state index is 12.7. The molecule has 1 amide bonds. The van der Waals surface area contributed by atoms with Crippen LogP contribution in [0.1, 0.15) is 38.4 Å². The molecule has 0 bridgehead atoms. The van der Waals surface area contributed by atoms with Crippen molar-refractivity contribution >= 4 is 22.8 Å². The van der Waals surface area contributed by atoms with E-state index in [-0.39, 0.29) is 13.0 Å². The van der Waals surface area contributed by atoms with E-state index in [2.05, 4.69) is 22.1 Å². The average Bonchev–Trinajstić information content (AvgIpc) is 2.76. The summed E-state index contributed by atoms with van der Waals surface area (Å²) in [6, 6.07) is 18.1. The van der Waals surface area contributed by atoms with Crippen molar-refractivity contribution in [1.82, 2.24) is 10.3 Å². The lowest BCUT2D eigenvalue weighted by atomic mass is 10.1. The zero-order chi connectivity index (χ0) is 23.0. The van der Waals surface area contributed by atoms with Gasteiger partial charge >= 0.3 is 12.1 Å². The minimum Gasteiger partial charge on any atom is -0.459 e. The smallest absolute Gasteiger partial charge is 0.408 e. The molecule has 0 spiro atoms. The molecule has 1 N–H and O–H groups in total. The van der Waals surface area contributed by atoms with Crippen LogP contribution < -0.4 is 5.32 Å². The molecule has 1 aromatic heterocycles. The van der Waals surface area contributed by atoms with Gasteiger partial charge in [-0.05, 0) is 43.7 Å². The zero-order valence-electron chi connectivity index (χ0n) is 18.4. The number of pyridine rings is 1. The minimum atomic E-state index is -0.971. The van der Waals surface area contributed by atoms with E-state index in [4.69, 9.17) is 9.47 Å². The number of carbonyl (C=O) groups excluding carboxylic acids is 2. The summed E-state index contributed by atoms with van der Waals surface area (Å²) < 4.78 is 10.7. The Morgan fingerprint density at radius 2 is 1.72 bits per heavy atom. The van der Waals surface area contributed by atoms with Gasteiger partial charge in [0.15, 0.2) is 0 Å². The Labute approximate surface area is 188 Å². The third-order valence-corrected chi connectivity index (χ3v) is 4.35. The number of aromatic nitrogens is 1. The van der Waals surface area contributed by atoms with E-state index in [1.807, 2.05) is 60.7 Å². The fourth-order valence-corrected chi connectivity index (χ4v) is 2.87. The Morgan fingerprint density at radius 1 is 1.03 bits per heavy atom. The van der Waals surface area contributed by atoms with E-state index in [9.17, 15) is 9.59 Å². The number of esters is 1. The van der Waals surface area contributed by atoms with Crippen LogP contribution in [0.3, 0.4) is 0 Å². The van der Waals surface area contributed by atoms with E-state index in [1.54, 1.807) is 27.0 Å². The van der Waals surface area contributed by atoms with Gasteiger partial charge in [0, 0.05) is 18.0 Å². The number of fused-ring (bicyclic) bond motifs is 1. The third kappa shape index (κ3) is 7.13. The standard InChI is InChI=1S/C26H26N2O4/c1-26(2,3)32-25(30)28-23(24(29)31-18-19-10-5-4-6-11-19)15-9-14-22-16-20-12-7-8-13-21(20)17-27-22/h4-8,10-13,16-17,23H,15,18H2,1-3H3,(H,28,30). The second-order valence-corrected chi connectivity index (χ2v) is 8.21. The van der Waals surface area contributed by atoms with Crippen molar-refractivity contribution in [2.75, 3.05) is 0 Å². The van der Waals surface area contributed by atoms with Crippen molar-refractivity contribution in [3.63, 3.8) is 0 Å². The van der Waals surface area contributed by atoms with Crippen LogP contribution in [-0.4, -0.2) is 28.7 Å². The highest BCUT2D eigenvalue weighted by atomic mass is 16.6. The number of hydrogen-bond acceptors (Lipinski definition) is 5. The summed E-state index contributed by atoms with van der Waals surface area (Å²) >= 11 is 0. The van der Waals surface area contributed by atoms with Crippen LogP contribution in [0, 0.1) is 11.8 Å². The fraction of sp³-hybridized carbons (Fsp3) is 0.269. The van der Waals surface area contributed by atoms with Gasteiger partial charge in [-0.2, -0.15) is 0 Å². The van der Waals surface area contributed by atoms with Gasteiger partial charge in [0.2, 0.25) is 0 Å². The van der Waals surface area contributed by atoms with Gasteiger partial charge in [-0.15, -0.1) is 0 Å². The number of carbonyl (C=O) groups is 2. The Hall–Kier alpha value is -3.85. The average molecular weight is 431 g/mol. The lowest BCUT2D eigenvalue weighted by molar-refractivity contribution is -0.147. The first-order chi connectivity index (χ1) is 15.3. The van der Waals surface area contributed by atoms with Gasteiger partial charge in [0.05, 0.1) is 0 Å². The number of ether oxygens (including phenoxy) is 2. The van der Waals surface area contributed by atoms with E-state index in [1.165, 1.54) is 0 Å². The minimum absolute atomic E-state index is 0.0569. The Morgan fingerprint density at radius 3 is 2.44 bits per heavy atom. The van der Waals surface area contributed by atoms with Crippen LogP contribution in [0.2, 0.25) is 0 Å². The summed E-state index contributed by atoms with van der Waals surface area (Å²) in [7, 11) is 0. The van der Waals surface area contributed by atoms with Crippen LogP contribution in [0.15, 0.2) is 66.9 Å². The van der Waals surface area contributed by atoms with Crippen LogP contribution in [0.5, 0.6) is 0 Å². The first-order valence-electron chi connectivity index (χ1n) is 10.3. The molecule has 0 aliphatic carbocycles. The largest absolute Gasteiger partial charge is 0.459 e. The molecule has 1 atom stereocenters. The van der Waals surface area contributed by atoms with E-state index in [0.29, 0.717) is 5.69 Å². The lowest BCUT2D eigenvalue weighted by Gasteiger charge is -2.22. The second-order valence-electron chi connectivity index (χ2n) is 8.21. The van der Waals surface area contributed by atoms with E-state index < -0.39 is 23.7 Å². The molecule has 2 aromatic carbocycles. The third-order valence-electron chi connectivity index (χ3n) is 4.35. The number of amides is 1. The Kier molecular flexibility index (Phi) is 7.45. The molecule has 6 heteroatoms.